The normalized spacial score (nSPS) is 14.1. The van der Waals surface area contributed by atoms with Crippen LogP contribution in [-0.2, 0) is 0 Å². The fourth-order valence-corrected chi connectivity index (χ4v) is 6.23. The molecule has 1 unspecified atom stereocenters. The number of hydrogen-bond donors (Lipinski definition) is 6. The summed E-state index contributed by atoms with van der Waals surface area (Å²) in [4.78, 5) is 46.6. The number of amides is 4. The van der Waals surface area contributed by atoms with Crippen molar-refractivity contribution in [1.29, 1.82) is 0 Å². The van der Waals surface area contributed by atoms with Crippen molar-refractivity contribution in [3.05, 3.63) is 95.8 Å². The second-order valence-corrected chi connectivity index (χ2v) is 11.1. The molecule has 0 saturated carbocycles. The summed E-state index contributed by atoms with van der Waals surface area (Å²) in [6.07, 6.45) is 0. The molecule has 0 fully saturated rings. The number of rotatable bonds is 6. The molecule has 6 N–H and O–H groups in total. The minimum Gasteiger partial charge on any atom is -0.507 e. The predicted molar refractivity (Wildman–Crippen MR) is 177 cm³/mol. The number of nitrogens with zero attached hydrogens (tertiary/aromatic N) is 2. The van der Waals surface area contributed by atoms with E-state index in [0.29, 0.717) is 40.9 Å². The lowest BCUT2D eigenvalue weighted by Crippen LogP contribution is -2.30. The van der Waals surface area contributed by atoms with Crippen LogP contribution in [0.1, 0.15) is 32.5 Å². The first kappa shape index (κ1) is 28.0. The van der Waals surface area contributed by atoms with Gasteiger partial charge in [0.15, 0.2) is 0 Å². The number of benzene rings is 4. The maximum atomic E-state index is 13.8. The van der Waals surface area contributed by atoms with Gasteiger partial charge in [-0.15, -0.1) is 11.6 Å². The topological polar surface area (TPSA) is 155 Å². The number of alkyl halides is 1. The quantitative estimate of drug-likeness (QED) is 0.0717. The lowest BCUT2D eigenvalue weighted by molar-refractivity contribution is 0.0982. The molecule has 0 spiro atoms. The summed E-state index contributed by atoms with van der Waals surface area (Å²) in [5, 5.41) is 22.7. The third-order valence-corrected chi connectivity index (χ3v) is 8.36. The number of hydrogen-bond acceptors (Lipinski definition) is 5. The summed E-state index contributed by atoms with van der Waals surface area (Å²) in [5.41, 5.74) is 7.03. The molecule has 0 radical (unpaired) electrons. The van der Waals surface area contributed by atoms with Crippen LogP contribution in [0, 0.1) is 0 Å². The number of nitrogens with one attached hydrogen (secondary N) is 5. The van der Waals surface area contributed by atoms with Crippen molar-refractivity contribution in [3.8, 4) is 5.75 Å². The van der Waals surface area contributed by atoms with Crippen LogP contribution in [0.4, 0.5) is 21.9 Å². The average Bonchev–Trinajstić information content (AvgIpc) is 3.75. The van der Waals surface area contributed by atoms with Crippen molar-refractivity contribution in [3.63, 3.8) is 0 Å². The summed E-state index contributed by atoms with van der Waals surface area (Å²) >= 11 is 6.35. The van der Waals surface area contributed by atoms with Gasteiger partial charge in [-0.05, 0) is 59.5 Å². The SMILES string of the molecule is C=NNC(=O)Nc1ccc2[nH]c(C(=O)Nc3ccc4[nH]c(C(=O)N5CC(CCl)c6c5cc(O)c5ccccc65)cc4c3)cc2c1. The minimum absolute atomic E-state index is 0.0798. The van der Waals surface area contributed by atoms with E-state index >= 15 is 0 Å². The van der Waals surface area contributed by atoms with Crippen molar-refractivity contribution >= 4 is 85.8 Å². The van der Waals surface area contributed by atoms with Crippen LogP contribution < -0.4 is 21.0 Å². The van der Waals surface area contributed by atoms with E-state index in [-0.39, 0.29) is 23.5 Å². The van der Waals surface area contributed by atoms with Gasteiger partial charge in [-0.1, -0.05) is 24.3 Å². The van der Waals surface area contributed by atoms with Crippen LogP contribution in [0.15, 0.2) is 84.0 Å². The number of halogens is 1. The number of aromatic hydroxyl groups is 1. The molecular formula is C33H26ClN7O4. The molecule has 4 amide bonds. The van der Waals surface area contributed by atoms with Crippen LogP contribution in [0.5, 0.6) is 5.75 Å². The molecule has 224 valence electrons. The molecule has 2 aromatic heterocycles. The third kappa shape index (κ3) is 4.98. The fourth-order valence-electron chi connectivity index (χ4n) is 5.98. The lowest BCUT2D eigenvalue weighted by atomic mass is 9.95. The van der Waals surface area contributed by atoms with Gasteiger partial charge in [-0.2, -0.15) is 5.10 Å². The van der Waals surface area contributed by atoms with Crippen LogP contribution in [0.25, 0.3) is 32.6 Å². The van der Waals surface area contributed by atoms with E-state index in [1.807, 2.05) is 24.3 Å². The Kier molecular flexibility index (Phi) is 6.86. The van der Waals surface area contributed by atoms with Gasteiger partial charge in [0.2, 0.25) is 0 Å². The van der Waals surface area contributed by atoms with Crippen LogP contribution in [-0.4, -0.2) is 52.1 Å². The van der Waals surface area contributed by atoms with E-state index in [1.54, 1.807) is 59.5 Å². The van der Waals surface area contributed by atoms with Crippen molar-refractivity contribution in [2.75, 3.05) is 28.0 Å². The molecule has 11 nitrogen and oxygen atoms in total. The zero-order valence-corrected chi connectivity index (χ0v) is 24.4. The molecule has 45 heavy (non-hydrogen) atoms. The number of fused-ring (bicyclic) bond motifs is 5. The molecule has 1 aliphatic heterocycles. The van der Waals surface area contributed by atoms with Gasteiger partial charge < -0.3 is 30.6 Å². The first-order valence-corrected chi connectivity index (χ1v) is 14.6. The van der Waals surface area contributed by atoms with Gasteiger partial charge in [0.1, 0.15) is 17.1 Å². The molecule has 4 aromatic carbocycles. The number of urea groups is 1. The Morgan fingerprint density at radius 1 is 0.889 bits per heavy atom. The molecular weight excluding hydrogens is 594 g/mol. The van der Waals surface area contributed by atoms with E-state index in [1.165, 1.54) is 0 Å². The zero-order valence-electron chi connectivity index (χ0n) is 23.6. The number of anilines is 3. The molecule has 3 heterocycles. The highest BCUT2D eigenvalue weighted by Crippen LogP contribution is 2.45. The highest BCUT2D eigenvalue weighted by atomic mass is 35.5. The van der Waals surface area contributed by atoms with Crippen molar-refractivity contribution in [2.45, 2.75) is 5.92 Å². The smallest absolute Gasteiger partial charge is 0.339 e. The average molecular weight is 620 g/mol. The molecule has 12 heteroatoms. The molecule has 0 bridgehead atoms. The summed E-state index contributed by atoms with van der Waals surface area (Å²) < 4.78 is 0. The van der Waals surface area contributed by atoms with Gasteiger partial charge >= 0.3 is 6.03 Å². The number of aromatic amines is 2. The van der Waals surface area contributed by atoms with E-state index in [2.05, 4.69) is 37.8 Å². The molecule has 7 rings (SSSR count). The van der Waals surface area contributed by atoms with E-state index in [0.717, 1.165) is 38.1 Å². The first-order chi connectivity index (χ1) is 21.8. The number of H-pyrrole nitrogens is 2. The van der Waals surface area contributed by atoms with Gasteiger partial charge in [-0.3, -0.25) is 9.59 Å². The molecule has 6 aromatic rings. The van der Waals surface area contributed by atoms with E-state index in [4.69, 9.17) is 11.6 Å². The number of carbonyl (C=O) groups excluding carboxylic acids is 3. The predicted octanol–water partition coefficient (Wildman–Crippen LogP) is 6.48. The Bertz CT molecular complexity index is 2190. The third-order valence-electron chi connectivity index (χ3n) is 7.99. The Morgan fingerprint density at radius 3 is 2.22 bits per heavy atom. The Morgan fingerprint density at radius 2 is 1.53 bits per heavy atom. The Balaban J connectivity index is 1.12. The second kappa shape index (κ2) is 11.0. The van der Waals surface area contributed by atoms with Gasteiger partial charge in [0.25, 0.3) is 11.8 Å². The van der Waals surface area contributed by atoms with Crippen molar-refractivity contribution in [2.24, 2.45) is 5.10 Å². The maximum Gasteiger partial charge on any atom is 0.339 e. The largest absolute Gasteiger partial charge is 0.507 e. The number of carbonyl (C=O) groups is 3. The highest BCUT2D eigenvalue weighted by Gasteiger charge is 2.35. The summed E-state index contributed by atoms with van der Waals surface area (Å²) in [6.45, 7) is 3.61. The van der Waals surface area contributed by atoms with Crippen LogP contribution >= 0.6 is 11.6 Å². The molecule has 1 aliphatic rings. The zero-order chi connectivity index (χ0) is 31.2. The standard InChI is InChI=1S/C33H26ClN7O4/c1-35-40-33(45)37-21-7-9-24-17(11-21)12-26(38-24)31(43)36-20-6-8-25-18(10-20)13-27(39-25)32(44)41-16-19(15-34)30-23-5-3-2-4-22(23)29(42)14-28(30)41/h2-14,19,38-39,42H,1,15-16H2,(H,36,43)(H2,37,40,45). The minimum atomic E-state index is -0.527. The lowest BCUT2D eigenvalue weighted by Gasteiger charge is -2.17. The monoisotopic (exact) mass is 619 g/mol. The number of phenolic OH excluding ortho intramolecular Hbond substituents is 1. The fraction of sp³-hybridized carbons (Fsp3) is 0.0909. The van der Waals surface area contributed by atoms with Crippen molar-refractivity contribution in [1.82, 2.24) is 15.4 Å². The first-order valence-electron chi connectivity index (χ1n) is 14.0. The summed E-state index contributed by atoms with van der Waals surface area (Å²) in [5.74, 6) is -0.238. The molecule has 0 aliphatic carbocycles. The summed E-state index contributed by atoms with van der Waals surface area (Å²) in [7, 11) is 0. The number of hydrazone groups is 1. The van der Waals surface area contributed by atoms with Gasteiger partial charge in [-0.25, -0.2) is 10.2 Å². The highest BCUT2D eigenvalue weighted by molar-refractivity contribution is 6.19. The number of phenols is 1. The van der Waals surface area contributed by atoms with E-state index < -0.39 is 6.03 Å². The molecule has 1 atom stereocenters. The Hall–Kier alpha value is -5.81. The summed E-state index contributed by atoms with van der Waals surface area (Å²) in [6, 6.07) is 22.6. The van der Waals surface area contributed by atoms with Gasteiger partial charge in [0.05, 0.1) is 5.69 Å². The van der Waals surface area contributed by atoms with Crippen molar-refractivity contribution < 1.29 is 19.5 Å². The second-order valence-electron chi connectivity index (χ2n) is 10.8. The molecule has 0 saturated heterocycles. The Labute approximate surface area is 260 Å². The van der Waals surface area contributed by atoms with Crippen LogP contribution in [0.2, 0.25) is 0 Å². The van der Waals surface area contributed by atoms with Gasteiger partial charge in [0, 0.05) is 69.7 Å². The van der Waals surface area contributed by atoms with Crippen LogP contribution in [0.3, 0.4) is 0 Å². The maximum absolute atomic E-state index is 13.8. The van der Waals surface area contributed by atoms with E-state index in [9.17, 15) is 19.5 Å². The number of aromatic nitrogens is 2.